The average Bonchev–Trinajstić information content (AvgIpc) is 3.12. The van der Waals surface area contributed by atoms with E-state index in [1.807, 2.05) is 0 Å². The van der Waals surface area contributed by atoms with Crippen molar-refractivity contribution in [2.75, 3.05) is 17.1 Å². The first-order valence-corrected chi connectivity index (χ1v) is 10.6. The standard InChI is InChI=1S/C19H16ClF3N4O4S/c1-27-15(5-6-24-27)18(28)25-13-3-4-17(16(10-13)31-2)32(29,30)26-14-8-11(19(21,22)23)7-12(20)9-14/h3-10,26H,1-2H3,(H,25,28). The van der Waals surface area contributed by atoms with E-state index >= 15 is 0 Å². The highest BCUT2D eigenvalue weighted by Crippen LogP contribution is 2.35. The lowest BCUT2D eigenvalue weighted by molar-refractivity contribution is -0.137. The predicted molar refractivity (Wildman–Crippen MR) is 111 cm³/mol. The first-order valence-electron chi connectivity index (χ1n) is 8.79. The lowest BCUT2D eigenvalue weighted by atomic mass is 10.2. The van der Waals surface area contributed by atoms with Gasteiger partial charge in [0.2, 0.25) is 0 Å². The van der Waals surface area contributed by atoms with Crippen LogP contribution >= 0.6 is 11.6 Å². The van der Waals surface area contributed by atoms with Gasteiger partial charge in [-0.1, -0.05) is 11.6 Å². The van der Waals surface area contributed by atoms with Crippen molar-refractivity contribution in [2.45, 2.75) is 11.1 Å². The number of carbonyl (C=O) groups is 1. The molecule has 3 rings (SSSR count). The van der Waals surface area contributed by atoms with Crippen LogP contribution < -0.4 is 14.8 Å². The number of nitrogens with one attached hydrogen (secondary N) is 2. The first-order chi connectivity index (χ1) is 14.9. The summed E-state index contributed by atoms with van der Waals surface area (Å²) in [6.45, 7) is 0. The Labute approximate surface area is 186 Å². The highest BCUT2D eigenvalue weighted by Gasteiger charge is 2.32. The Kier molecular flexibility index (Phi) is 6.37. The van der Waals surface area contributed by atoms with E-state index in [1.165, 1.54) is 36.2 Å². The van der Waals surface area contributed by atoms with Crippen LogP contribution in [0.2, 0.25) is 5.02 Å². The number of rotatable bonds is 6. The molecule has 0 radical (unpaired) electrons. The maximum absolute atomic E-state index is 13.0. The van der Waals surface area contributed by atoms with Gasteiger partial charge in [-0.25, -0.2) is 8.42 Å². The number of ether oxygens (including phenoxy) is 1. The number of aryl methyl sites for hydroxylation is 1. The van der Waals surface area contributed by atoms with Crippen molar-refractivity contribution in [3.05, 3.63) is 64.9 Å². The van der Waals surface area contributed by atoms with Gasteiger partial charge in [0.05, 0.1) is 18.4 Å². The van der Waals surface area contributed by atoms with Gasteiger partial charge in [0, 0.05) is 30.0 Å². The second-order valence-electron chi connectivity index (χ2n) is 6.49. The number of nitrogens with zero attached hydrogens (tertiary/aromatic N) is 2. The summed E-state index contributed by atoms with van der Waals surface area (Å²) in [5.74, 6) is -0.627. The summed E-state index contributed by atoms with van der Waals surface area (Å²) in [4.78, 5) is 12.0. The van der Waals surface area contributed by atoms with Gasteiger partial charge in [0.25, 0.3) is 15.9 Å². The van der Waals surface area contributed by atoms with Crippen molar-refractivity contribution < 1.29 is 31.1 Å². The molecule has 3 aromatic rings. The smallest absolute Gasteiger partial charge is 0.416 e. The molecule has 0 fully saturated rings. The van der Waals surface area contributed by atoms with Crippen molar-refractivity contribution in [3.63, 3.8) is 0 Å². The average molecular weight is 489 g/mol. The number of anilines is 2. The molecule has 0 bridgehead atoms. The number of methoxy groups -OCH3 is 1. The molecule has 0 aliphatic heterocycles. The number of halogens is 4. The van der Waals surface area contributed by atoms with Crippen LogP contribution in [-0.4, -0.2) is 31.2 Å². The summed E-state index contributed by atoms with van der Waals surface area (Å²) in [5.41, 5.74) is -0.985. The molecule has 13 heteroatoms. The molecule has 0 aliphatic rings. The second-order valence-corrected chi connectivity index (χ2v) is 8.58. The summed E-state index contributed by atoms with van der Waals surface area (Å²) >= 11 is 5.71. The fourth-order valence-electron chi connectivity index (χ4n) is 2.78. The molecule has 0 atom stereocenters. The van der Waals surface area contributed by atoms with Gasteiger partial charge in [0.1, 0.15) is 16.3 Å². The third-order valence-corrected chi connectivity index (χ3v) is 5.88. The summed E-state index contributed by atoms with van der Waals surface area (Å²) in [6.07, 6.45) is -3.27. The zero-order valence-corrected chi connectivity index (χ0v) is 18.1. The summed E-state index contributed by atoms with van der Waals surface area (Å²) in [6, 6.07) is 7.57. The zero-order valence-electron chi connectivity index (χ0n) is 16.6. The fraction of sp³-hybridized carbons (Fsp3) is 0.158. The molecule has 0 unspecified atom stereocenters. The van der Waals surface area contributed by atoms with Crippen LogP contribution in [0.3, 0.4) is 0 Å². The molecule has 2 aromatic carbocycles. The van der Waals surface area contributed by atoms with Crippen molar-refractivity contribution in [3.8, 4) is 5.75 Å². The summed E-state index contributed by atoms with van der Waals surface area (Å²) in [5, 5.41) is 6.18. The van der Waals surface area contributed by atoms with Gasteiger partial charge < -0.3 is 10.1 Å². The van der Waals surface area contributed by atoms with E-state index in [0.29, 0.717) is 12.1 Å². The molecule has 1 amide bonds. The molecule has 1 heterocycles. The minimum absolute atomic E-state index is 0.140. The van der Waals surface area contributed by atoms with Crippen LogP contribution in [0.4, 0.5) is 24.5 Å². The number of amides is 1. The Balaban J connectivity index is 1.89. The lowest BCUT2D eigenvalue weighted by Crippen LogP contribution is -2.17. The number of aromatic nitrogens is 2. The van der Waals surface area contributed by atoms with Gasteiger partial charge >= 0.3 is 6.18 Å². The van der Waals surface area contributed by atoms with Gasteiger partial charge in [0.15, 0.2) is 0 Å². The van der Waals surface area contributed by atoms with Crippen molar-refractivity contribution in [2.24, 2.45) is 7.05 Å². The normalized spacial score (nSPS) is 11.8. The van der Waals surface area contributed by atoms with E-state index in [9.17, 15) is 26.4 Å². The molecular formula is C19H16ClF3N4O4S. The van der Waals surface area contributed by atoms with E-state index in [0.717, 1.165) is 12.1 Å². The Bertz CT molecular complexity index is 1280. The quantitative estimate of drug-likeness (QED) is 0.542. The van der Waals surface area contributed by atoms with Gasteiger partial charge in [-0.3, -0.25) is 14.2 Å². The maximum Gasteiger partial charge on any atom is 0.416 e. The third kappa shape index (κ3) is 5.14. The summed E-state index contributed by atoms with van der Waals surface area (Å²) < 4.78 is 73.1. The molecule has 0 saturated heterocycles. The van der Waals surface area contributed by atoms with E-state index in [2.05, 4.69) is 15.1 Å². The number of carbonyl (C=O) groups excluding carboxylic acids is 1. The number of hydrogen-bond donors (Lipinski definition) is 2. The third-order valence-electron chi connectivity index (χ3n) is 4.24. The van der Waals surface area contributed by atoms with Crippen molar-refractivity contribution in [1.82, 2.24) is 9.78 Å². The molecule has 8 nitrogen and oxygen atoms in total. The van der Waals surface area contributed by atoms with E-state index < -0.39 is 27.7 Å². The monoisotopic (exact) mass is 488 g/mol. The van der Waals surface area contributed by atoms with Gasteiger partial charge in [-0.2, -0.15) is 18.3 Å². The summed E-state index contributed by atoms with van der Waals surface area (Å²) in [7, 11) is -1.57. The van der Waals surface area contributed by atoms with Crippen LogP contribution in [0.1, 0.15) is 16.1 Å². The minimum atomic E-state index is -4.71. The zero-order chi connectivity index (χ0) is 23.7. The van der Waals surface area contributed by atoms with Crippen LogP contribution in [0, 0.1) is 0 Å². The van der Waals surface area contributed by atoms with Crippen LogP contribution in [0.15, 0.2) is 53.6 Å². The predicted octanol–water partition coefficient (Wildman–Crippen LogP) is 4.15. The number of alkyl halides is 3. The first kappa shape index (κ1) is 23.4. The molecule has 170 valence electrons. The second kappa shape index (κ2) is 8.71. The molecule has 0 saturated carbocycles. The fourth-order valence-corrected chi connectivity index (χ4v) is 4.21. The number of benzene rings is 2. The topological polar surface area (TPSA) is 102 Å². The Morgan fingerprint density at radius 1 is 1.12 bits per heavy atom. The molecule has 0 spiro atoms. The molecule has 32 heavy (non-hydrogen) atoms. The largest absolute Gasteiger partial charge is 0.495 e. The SMILES string of the molecule is COc1cc(NC(=O)c2ccnn2C)ccc1S(=O)(=O)Nc1cc(Cl)cc(C(F)(F)F)c1. The van der Waals surface area contributed by atoms with Crippen molar-refractivity contribution in [1.29, 1.82) is 0 Å². The molecular weight excluding hydrogens is 473 g/mol. The number of hydrogen-bond acceptors (Lipinski definition) is 5. The minimum Gasteiger partial charge on any atom is -0.495 e. The van der Waals surface area contributed by atoms with Crippen molar-refractivity contribution >= 4 is 38.9 Å². The van der Waals surface area contributed by atoms with Gasteiger partial charge in [-0.15, -0.1) is 0 Å². The Hall–Kier alpha value is -3.25. The molecule has 0 aliphatic carbocycles. The molecule has 2 N–H and O–H groups in total. The Morgan fingerprint density at radius 3 is 2.44 bits per heavy atom. The van der Waals surface area contributed by atoms with E-state index in [4.69, 9.17) is 16.3 Å². The lowest BCUT2D eigenvalue weighted by Gasteiger charge is -2.15. The highest BCUT2D eigenvalue weighted by atomic mass is 35.5. The highest BCUT2D eigenvalue weighted by molar-refractivity contribution is 7.92. The van der Waals surface area contributed by atoms with E-state index in [-0.39, 0.29) is 32.7 Å². The number of sulfonamides is 1. The Morgan fingerprint density at radius 2 is 1.84 bits per heavy atom. The molecule has 1 aromatic heterocycles. The van der Waals surface area contributed by atoms with Crippen LogP contribution in [0.25, 0.3) is 0 Å². The van der Waals surface area contributed by atoms with E-state index in [1.54, 1.807) is 7.05 Å². The van der Waals surface area contributed by atoms with Crippen LogP contribution in [-0.2, 0) is 23.2 Å². The van der Waals surface area contributed by atoms with Crippen LogP contribution in [0.5, 0.6) is 5.75 Å². The maximum atomic E-state index is 13.0. The van der Waals surface area contributed by atoms with Gasteiger partial charge in [-0.05, 0) is 36.4 Å².